The molecule has 9 heteroatoms. The van der Waals surface area contributed by atoms with E-state index in [1.165, 1.54) is 13.3 Å². The van der Waals surface area contributed by atoms with Crippen molar-refractivity contribution in [1.29, 1.82) is 0 Å². The molecule has 165 valence electrons. The SMILES string of the molecule is CC(=O)[CH][C-][C](c1ccccc1)c1ccccc1.[C-]#[O+].[C-]#[O+].[C-]#[O+].[C-]#[O+].[C-]#[O+].[C-]#[O+].[Fe].[Fe]. The van der Waals surface area contributed by atoms with Gasteiger partial charge < -0.3 is 11.2 Å². The van der Waals surface area contributed by atoms with Crippen LogP contribution >= 0.6 is 0 Å². The van der Waals surface area contributed by atoms with E-state index in [1.54, 1.807) is 0 Å². The Morgan fingerprint density at radius 3 is 1.09 bits per heavy atom. The summed E-state index contributed by atoms with van der Waals surface area (Å²) in [5.41, 5.74) is 2.11. The van der Waals surface area contributed by atoms with E-state index in [2.05, 4.69) is 46.3 Å². The molecule has 0 saturated carbocycles. The summed E-state index contributed by atoms with van der Waals surface area (Å²) in [6.45, 7) is 28.5. The third kappa shape index (κ3) is 27.6. The second-order valence-electron chi connectivity index (χ2n) is 4.01. The number of benzene rings is 2. The molecule has 0 aliphatic carbocycles. The van der Waals surface area contributed by atoms with Crippen molar-refractivity contribution in [3.05, 3.63) is 130 Å². The average Bonchev–Trinajstić information content (AvgIpc) is 2.88. The van der Waals surface area contributed by atoms with E-state index in [1.807, 2.05) is 60.7 Å². The molecule has 0 heterocycles. The van der Waals surface area contributed by atoms with Gasteiger partial charge in [-0.15, -0.1) is 12.3 Å². The zero-order valence-corrected chi connectivity index (χ0v) is 18.6. The third-order valence-electron chi connectivity index (χ3n) is 2.54. The van der Waals surface area contributed by atoms with E-state index in [-0.39, 0.29) is 39.9 Å². The third-order valence-corrected chi connectivity index (χ3v) is 2.54. The minimum absolute atomic E-state index is 0. The molecule has 0 bridgehead atoms. The van der Waals surface area contributed by atoms with Gasteiger partial charge in [0, 0.05) is 34.1 Å². The smallest absolute Gasteiger partial charge is 0 e. The summed E-state index contributed by atoms with van der Waals surface area (Å²) >= 11 is 0. The predicted molar refractivity (Wildman–Crippen MR) is 96.1 cm³/mol. The molecule has 2 aromatic rings. The van der Waals surface area contributed by atoms with E-state index in [4.69, 9.17) is 27.9 Å². The monoisotopic (exact) mass is 514 g/mol. The Kier molecular flexibility index (Phi) is 69.1. The molecule has 0 atom stereocenters. The van der Waals surface area contributed by atoms with Crippen LogP contribution in [0.4, 0.5) is 0 Å². The van der Waals surface area contributed by atoms with Crippen molar-refractivity contribution in [3.63, 3.8) is 0 Å². The van der Waals surface area contributed by atoms with Crippen LogP contribution in [0.1, 0.15) is 18.1 Å². The molecule has 3 radical (unpaired) electrons. The van der Waals surface area contributed by atoms with Crippen LogP contribution < -0.4 is 0 Å². The molecule has 0 fully saturated rings. The van der Waals surface area contributed by atoms with Crippen LogP contribution in [0, 0.1) is 58.7 Å². The molecule has 0 unspecified atom stereocenters. The molecule has 0 spiro atoms. The molecule has 0 aliphatic heterocycles. The van der Waals surface area contributed by atoms with Crippen molar-refractivity contribution in [2.75, 3.05) is 0 Å². The molecule has 0 N–H and O–H groups in total. The summed E-state index contributed by atoms with van der Waals surface area (Å²) in [5, 5.41) is 0. The standard InChI is InChI=1S/C17H14O.6CO.2Fe/c1-14(18)12-13-17(15-8-4-2-5-9-15)16-10-6-3-7-11-16;6*1-2;;/h2-12H,1H3;;;;;;;;/q-1;;;;;;;;. The summed E-state index contributed by atoms with van der Waals surface area (Å²) in [6.07, 6.45) is 4.58. The van der Waals surface area contributed by atoms with Crippen molar-refractivity contribution in [1.82, 2.24) is 0 Å². The van der Waals surface area contributed by atoms with E-state index in [0.29, 0.717) is 0 Å². The average molecular weight is 514 g/mol. The molecule has 0 amide bonds. The van der Waals surface area contributed by atoms with Gasteiger partial charge in [0.05, 0.1) is 5.78 Å². The quantitative estimate of drug-likeness (QED) is 0.338. The van der Waals surface area contributed by atoms with Crippen LogP contribution in [0.3, 0.4) is 0 Å². The van der Waals surface area contributed by atoms with Gasteiger partial charge in [0.15, 0.2) is 0 Å². The van der Waals surface area contributed by atoms with Gasteiger partial charge in [-0.25, -0.2) is 0 Å². The van der Waals surface area contributed by atoms with Crippen molar-refractivity contribution >= 4 is 5.78 Å². The van der Waals surface area contributed by atoms with Gasteiger partial charge in [-0.05, 0) is 6.92 Å². The van der Waals surface area contributed by atoms with Gasteiger partial charge >= 0.3 is 67.8 Å². The Labute approximate surface area is 209 Å². The number of hydrogen-bond acceptors (Lipinski definition) is 1. The fraction of sp³-hybridized carbons (Fsp3) is 0.0435. The van der Waals surface area contributed by atoms with Crippen molar-refractivity contribution in [2.24, 2.45) is 0 Å². The van der Waals surface area contributed by atoms with Crippen LogP contribution in [0.15, 0.2) is 60.7 Å². The zero-order valence-electron chi connectivity index (χ0n) is 16.4. The molecule has 0 saturated heterocycles. The largest absolute Gasteiger partial charge is 0 e. The van der Waals surface area contributed by atoms with Gasteiger partial charge in [0.2, 0.25) is 0 Å². The van der Waals surface area contributed by atoms with Crippen LogP contribution in [-0.2, 0) is 66.8 Å². The van der Waals surface area contributed by atoms with Gasteiger partial charge in [-0.1, -0.05) is 71.8 Å². The topological polar surface area (TPSA) is 136 Å². The first-order chi connectivity index (χ1) is 14.8. The van der Waals surface area contributed by atoms with Crippen LogP contribution in [-0.4, -0.2) is 5.78 Å². The summed E-state index contributed by atoms with van der Waals surface area (Å²) in [4.78, 5) is 11.1. The zero-order chi connectivity index (χ0) is 24.8. The number of Topliss-reactive ketones (excluding diaryl/α,β-unsaturated/α-hetero) is 1. The maximum absolute atomic E-state index is 11.1. The van der Waals surface area contributed by atoms with Crippen molar-refractivity contribution in [2.45, 2.75) is 6.92 Å². The Balaban J connectivity index is -0.0000000779. The number of ketones is 1. The molecule has 0 aliphatic rings. The Morgan fingerprint density at radius 2 is 0.875 bits per heavy atom. The van der Waals surface area contributed by atoms with Gasteiger partial charge in [-0.2, -0.15) is 0 Å². The molecule has 2 rings (SSSR count). The molecule has 0 aromatic heterocycles. The summed E-state index contributed by atoms with van der Waals surface area (Å²) in [5.74, 6) is 0.936. The van der Waals surface area contributed by atoms with Crippen LogP contribution in [0.25, 0.3) is 0 Å². The molecular formula is C23H14Fe2O7-. The maximum Gasteiger partial charge on any atom is 0 e. The molecule has 2 aromatic carbocycles. The number of carbonyl (C=O) groups is 1. The number of rotatable bonds is 5. The fourth-order valence-corrected chi connectivity index (χ4v) is 1.72. The van der Waals surface area contributed by atoms with Crippen molar-refractivity contribution < 1.29 is 66.8 Å². The van der Waals surface area contributed by atoms with E-state index >= 15 is 0 Å². The Hall–Kier alpha value is -2.41. The summed E-state index contributed by atoms with van der Waals surface area (Å²) in [7, 11) is 0. The normalized spacial score (nSPS) is 6.31. The molecule has 7 nitrogen and oxygen atoms in total. The summed E-state index contributed by atoms with van der Waals surface area (Å²) < 4.78 is 45.0. The van der Waals surface area contributed by atoms with Crippen LogP contribution in [0.5, 0.6) is 0 Å². The predicted octanol–water partition coefficient (Wildman–Crippen LogP) is 3.30. The summed E-state index contributed by atoms with van der Waals surface area (Å²) in [6, 6.07) is 19.9. The minimum atomic E-state index is -0.000591. The first-order valence-corrected chi connectivity index (χ1v) is 7.08. The second kappa shape index (κ2) is 46.7. The maximum atomic E-state index is 11.1. The molecular weight excluding hydrogens is 500 g/mol. The minimum Gasteiger partial charge on any atom is 0 e. The van der Waals surface area contributed by atoms with Gasteiger partial charge in [0.1, 0.15) is 0 Å². The van der Waals surface area contributed by atoms with E-state index < -0.39 is 0 Å². The fourth-order valence-electron chi connectivity index (χ4n) is 1.72. The van der Waals surface area contributed by atoms with Gasteiger partial charge in [0.25, 0.3) is 0 Å². The van der Waals surface area contributed by atoms with Crippen LogP contribution in [0.2, 0.25) is 0 Å². The first-order valence-electron chi connectivity index (χ1n) is 7.08. The van der Waals surface area contributed by atoms with E-state index in [9.17, 15) is 4.79 Å². The first kappa shape index (κ1) is 47.4. The van der Waals surface area contributed by atoms with E-state index in [0.717, 1.165) is 17.0 Å². The number of carbonyl (C=O) groups excluding carboxylic acids is 1. The Morgan fingerprint density at radius 1 is 0.625 bits per heavy atom. The molecule has 32 heavy (non-hydrogen) atoms. The number of hydrogen-bond donors (Lipinski definition) is 0. The van der Waals surface area contributed by atoms with Crippen molar-refractivity contribution in [3.8, 4) is 0 Å². The van der Waals surface area contributed by atoms with Gasteiger partial charge in [-0.3, -0.25) is 0 Å². The Bertz CT molecular complexity index is 664. The second-order valence-corrected chi connectivity index (χ2v) is 4.01.